The van der Waals surface area contributed by atoms with Gasteiger partial charge in [0.25, 0.3) is 5.91 Å². The van der Waals surface area contributed by atoms with E-state index < -0.39 is 5.82 Å². The van der Waals surface area contributed by atoms with E-state index in [1.54, 1.807) is 18.2 Å². The Balaban J connectivity index is 1.65. The predicted molar refractivity (Wildman–Crippen MR) is 120 cm³/mol. The first-order valence-electron chi connectivity index (χ1n) is 9.14. The Bertz CT molecular complexity index is 1010. The van der Waals surface area contributed by atoms with Crippen molar-refractivity contribution in [2.75, 3.05) is 11.9 Å². The third-order valence-electron chi connectivity index (χ3n) is 4.57. The number of thiocarbonyl (C=S) groups is 1. The summed E-state index contributed by atoms with van der Waals surface area (Å²) in [5, 5.41) is 2.93. The molecule has 1 heterocycles. The van der Waals surface area contributed by atoms with Crippen LogP contribution in [0.5, 0.6) is 0 Å². The molecule has 0 bridgehead atoms. The lowest BCUT2D eigenvalue weighted by molar-refractivity contribution is -0.122. The number of benzene rings is 2. The maximum atomic E-state index is 13.9. The van der Waals surface area contributed by atoms with Gasteiger partial charge in [-0.15, -0.1) is 0 Å². The lowest BCUT2D eigenvalue weighted by Crippen LogP contribution is -2.31. The van der Waals surface area contributed by atoms with Crippen LogP contribution in [0.3, 0.4) is 0 Å². The molecule has 0 atom stereocenters. The molecule has 0 saturated carbocycles. The summed E-state index contributed by atoms with van der Waals surface area (Å²) in [6.07, 6.45) is 1.61. The molecule has 1 saturated heterocycles. The molecule has 2 aromatic carbocycles. The highest BCUT2D eigenvalue weighted by Crippen LogP contribution is 2.33. The molecule has 2 amide bonds. The Hall–Kier alpha value is -2.51. The third-order valence-corrected chi connectivity index (χ3v) is 5.95. The Labute approximate surface area is 179 Å². The molecule has 3 rings (SSSR count). The predicted octanol–water partition coefficient (Wildman–Crippen LogP) is 4.98. The van der Waals surface area contributed by atoms with E-state index >= 15 is 0 Å². The number of halogens is 1. The molecule has 0 spiro atoms. The molecular weight excluding hydrogens is 407 g/mol. The number of thioether (sulfide) groups is 1. The minimum atomic E-state index is -0.402. The highest BCUT2D eigenvalue weighted by Gasteiger charge is 2.32. The van der Waals surface area contributed by atoms with E-state index in [0.717, 1.165) is 34.1 Å². The minimum Gasteiger partial charge on any atom is -0.326 e. The van der Waals surface area contributed by atoms with Gasteiger partial charge in [-0.3, -0.25) is 14.5 Å². The van der Waals surface area contributed by atoms with Crippen molar-refractivity contribution in [2.24, 2.45) is 0 Å². The van der Waals surface area contributed by atoms with Gasteiger partial charge in [-0.05, 0) is 44.0 Å². The fraction of sp³-hybridized carbons (Fsp3) is 0.227. The first kappa shape index (κ1) is 21.2. The molecule has 1 aliphatic rings. The molecule has 2 aromatic rings. The van der Waals surface area contributed by atoms with Crippen molar-refractivity contribution in [2.45, 2.75) is 27.2 Å². The Kier molecular flexibility index (Phi) is 6.49. The summed E-state index contributed by atoms with van der Waals surface area (Å²) in [4.78, 5) is 26.8. The standard InChI is InChI=1S/C22H21FN2O2S2/c1-13-10-14(2)20(15(3)11-13)24-19(26)8-9-25-21(27)18(29-22(25)28)12-16-6-4-5-7-17(16)23/h4-7,10-12H,8-9H2,1-3H3,(H,24,26)/b18-12-. The number of rotatable bonds is 5. The van der Waals surface area contributed by atoms with Gasteiger partial charge >= 0.3 is 0 Å². The molecule has 150 valence electrons. The van der Waals surface area contributed by atoms with Crippen LogP contribution in [0.2, 0.25) is 0 Å². The van der Waals surface area contributed by atoms with E-state index in [0.29, 0.717) is 14.8 Å². The van der Waals surface area contributed by atoms with Crippen molar-refractivity contribution in [1.82, 2.24) is 4.90 Å². The summed E-state index contributed by atoms with van der Waals surface area (Å²) >= 11 is 6.40. The minimum absolute atomic E-state index is 0.117. The molecule has 0 radical (unpaired) electrons. The van der Waals surface area contributed by atoms with Gasteiger partial charge in [0.15, 0.2) is 0 Å². The topological polar surface area (TPSA) is 49.4 Å². The zero-order chi connectivity index (χ0) is 21.1. The van der Waals surface area contributed by atoms with E-state index in [2.05, 4.69) is 5.32 Å². The van der Waals surface area contributed by atoms with Crippen LogP contribution < -0.4 is 5.32 Å². The zero-order valence-corrected chi connectivity index (χ0v) is 18.0. The number of aryl methyl sites for hydroxylation is 3. The maximum Gasteiger partial charge on any atom is 0.266 e. The second-order valence-electron chi connectivity index (χ2n) is 6.93. The summed E-state index contributed by atoms with van der Waals surface area (Å²) in [7, 11) is 0. The highest BCUT2D eigenvalue weighted by molar-refractivity contribution is 8.26. The second-order valence-corrected chi connectivity index (χ2v) is 8.60. The van der Waals surface area contributed by atoms with Crippen LogP contribution in [0.15, 0.2) is 41.3 Å². The zero-order valence-electron chi connectivity index (χ0n) is 16.4. The Morgan fingerprint density at radius 1 is 1.21 bits per heavy atom. The maximum absolute atomic E-state index is 13.9. The number of anilines is 1. The average molecular weight is 429 g/mol. The summed E-state index contributed by atoms with van der Waals surface area (Å²) < 4.78 is 14.2. The van der Waals surface area contributed by atoms with Crippen molar-refractivity contribution >= 4 is 51.9 Å². The lowest BCUT2D eigenvalue weighted by Gasteiger charge is -2.16. The number of carbonyl (C=O) groups excluding carboxylic acids is 2. The molecule has 7 heteroatoms. The number of nitrogens with zero attached hydrogens (tertiary/aromatic N) is 1. The quantitative estimate of drug-likeness (QED) is 0.539. The largest absolute Gasteiger partial charge is 0.326 e. The molecule has 0 unspecified atom stereocenters. The van der Waals surface area contributed by atoms with Crippen molar-refractivity contribution in [3.8, 4) is 0 Å². The van der Waals surface area contributed by atoms with Gasteiger partial charge in [0.05, 0.1) is 4.91 Å². The van der Waals surface area contributed by atoms with E-state index in [1.807, 2.05) is 32.9 Å². The molecule has 1 N–H and O–H groups in total. The smallest absolute Gasteiger partial charge is 0.266 e. The Morgan fingerprint density at radius 3 is 2.52 bits per heavy atom. The van der Waals surface area contributed by atoms with Gasteiger partial charge in [0, 0.05) is 24.2 Å². The molecule has 4 nitrogen and oxygen atoms in total. The van der Waals surface area contributed by atoms with Crippen molar-refractivity contribution < 1.29 is 14.0 Å². The van der Waals surface area contributed by atoms with Gasteiger partial charge in [0.1, 0.15) is 10.1 Å². The second kappa shape index (κ2) is 8.88. The molecule has 0 aromatic heterocycles. The first-order valence-corrected chi connectivity index (χ1v) is 10.4. The molecular formula is C22H21FN2O2S2. The van der Waals surface area contributed by atoms with Crippen molar-refractivity contribution in [3.05, 3.63) is 69.4 Å². The number of carbonyl (C=O) groups is 2. The van der Waals surface area contributed by atoms with Gasteiger partial charge in [-0.25, -0.2) is 4.39 Å². The summed E-state index contributed by atoms with van der Waals surface area (Å²) in [6.45, 7) is 6.08. The molecule has 1 fully saturated rings. The van der Waals surface area contributed by atoms with E-state index in [4.69, 9.17) is 12.2 Å². The molecule has 1 aliphatic heterocycles. The van der Waals surface area contributed by atoms with Crippen LogP contribution in [-0.2, 0) is 9.59 Å². The number of hydrogen-bond acceptors (Lipinski definition) is 4. The molecule has 0 aliphatic carbocycles. The number of amides is 2. The summed E-state index contributed by atoms with van der Waals surface area (Å²) in [5.74, 6) is -0.896. The van der Waals surface area contributed by atoms with Gasteiger partial charge < -0.3 is 5.32 Å². The van der Waals surface area contributed by atoms with Crippen molar-refractivity contribution in [3.63, 3.8) is 0 Å². The first-order chi connectivity index (χ1) is 13.8. The van der Waals surface area contributed by atoms with Crippen LogP contribution in [-0.4, -0.2) is 27.6 Å². The van der Waals surface area contributed by atoms with E-state index in [9.17, 15) is 14.0 Å². The number of hydrogen-bond donors (Lipinski definition) is 1. The SMILES string of the molecule is Cc1cc(C)c(NC(=O)CCN2C(=O)/C(=C/c3ccccc3F)SC2=S)c(C)c1. The van der Waals surface area contributed by atoms with Gasteiger partial charge in [-0.1, -0.05) is 59.9 Å². The molecule has 29 heavy (non-hydrogen) atoms. The summed E-state index contributed by atoms with van der Waals surface area (Å²) in [6, 6.07) is 10.3. The normalized spacial score (nSPS) is 15.3. The fourth-order valence-electron chi connectivity index (χ4n) is 3.22. The Morgan fingerprint density at radius 2 is 1.86 bits per heavy atom. The fourth-order valence-corrected chi connectivity index (χ4v) is 4.52. The van der Waals surface area contributed by atoms with Crippen LogP contribution in [0.1, 0.15) is 28.7 Å². The van der Waals surface area contributed by atoms with Gasteiger partial charge in [-0.2, -0.15) is 0 Å². The van der Waals surface area contributed by atoms with Gasteiger partial charge in [0.2, 0.25) is 5.91 Å². The van der Waals surface area contributed by atoms with Crippen LogP contribution >= 0.6 is 24.0 Å². The lowest BCUT2D eigenvalue weighted by atomic mass is 10.1. The summed E-state index contributed by atoms with van der Waals surface area (Å²) in [5.41, 5.74) is 4.25. The number of nitrogens with one attached hydrogen (secondary N) is 1. The average Bonchev–Trinajstić information content (AvgIpc) is 2.91. The van der Waals surface area contributed by atoms with Crippen LogP contribution in [0.25, 0.3) is 6.08 Å². The monoisotopic (exact) mass is 428 g/mol. The van der Waals surface area contributed by atoms with Crippen LogP contribution in [0, 0.1) is 26.6 Å². The van der Waals surface area contributed by atoms with Crippen LogP contribution in [0.4, 0.5) is 10.1 Å². The third kappa shape index (κ3) is 4.92. The van der Waals surface area contributed by atoms with E-state index in [-0.39, 0.29) is 24.8 Å². The highest BCUT2D eigenvalue weighted by atomic mass is 32.2. The van der Waals surface area contributed by atoms with Crippen molar-refractivity contribution in [1.29, 1.82) is 0 Å². The van der Waals surface area contributed by atoms with E-state index in [1.165, 1.54) is 17.0 Å².